The predicted octanol–water partition coefficient (Wildman–Crippen LogP) is 0.690. The minimum atomic E-state index is 0.549. The number of aromatic nitrogens is 4. The van der Waals surface area contributed by atoms with E-state index >= 15 is 0 Å². The molecule has 5 nitrogen and oxygen atoms in total. The van der Waals surface area contributed by atoms with E-state index in [0.717, 1.165) is 17.3 Å². The molecule has 1 aromatic rings. The van der Waals surface area contributed by atoms with Crippen LogP contribution in [0.4, 0.5) is 0 Å². The van der Waals surface area contributed by atoms with Gasteiger partial charge in [-0.25, -0.2) is 4.68 Å². The Kier molecular flexibility index (Phi) is 4.61. The minimum Gasteiger partial charge on any atom is -0.329 e. The molecule has 0 unspecified atom stereocenters. The third-order valence-corrected chi connectivity index (χ3v) is 2.85. The van der Waals surface area contributed by atoms with Crippen molar-refractivity contribution >= 4 is 11.8 Å². The van der Waals surface area contributed by atoms with Gasteiger partial charge in [-0.1, -0.05) is 30.8 Å². The first-order valence-electron chi connectivity index (χ1n) is 4.53. The quantitative estimate of drug-likeness (QED) is 0.556. The van der Waals surface area contributed by atoms with E-state index in [1.54, 1.807) is 16.4 Å². The van der Waals surface area contributed by atoms with E-state index < -0.39 is 0 Å². The molecule has 0 aliphatic rings. The lowest BCUT2D eigenvalue weighted by atomic mass is 10.3. The van der Waals surface area contributed by atoms with Gasteiger partial charge in [-0.15, -0.1) is 5.10 Å². The third kappa shape index (κ3) is 3.12. The summed E-state index contributed by atoms with van der Waals surface area (Å²) in [4.78, 5) is 0. The molecule has 0 aliphatic carbocycles. The van der Waals surface area contributed by atoms with Crippen molar-refractivity contribution in [3.05, 3.63) is 12.2 Å². The Hall–Kier alpha value is -0.880. The first-order valence-corrected chi connectivity index (χ1v) is 5.52. The van der Waals surface area contributed by atoms with Gasteiger partial charge in [0.25, 0.3) is 0 Å². The van der Waals surface area contributed by atoms with Gasteiger partial charge >= 0.3 is 0 Å². The van der Waals surface area contributed by atoms with Gasteiger partial charge in [0.15, 0.2) is 0 Å². The van der Waals surface area contributed by atoms with Crippen molar-refractivity contribution in [2.75, 3.05) is 12.3 Å². The molecular weight excluding hydrogens is 198 g/mol. The largest absolute Gasteiger partial charge is 0.329 e. The van der Waals surface area contributed by atoms with Crippen molar-refractivity contribution in [2.45, 2.75) is 25.0 Å². The lowest BCUT2D eigenvalue weighted by Crippen LogP contribution is -2.12. The van der Waals surface area contributed by atoms with Crippen LogP contribution in [-0.2, 0) is 6.54 Å². The summed E-state index contributed by atoms with van der Waals surface area (Å²) in [6, 6.07) is 0. The predicted molar refractivity (Wildman–Crippen MR) is 57.0 cm³/mol. The molecular formula is C8H15N5S. The fourth-order valence-corrected chi connectivity index (χ4v) is 1.74. The SMILES string of the molecule is C=C(CC)CSc1nnnn1CCN. The monoisotopic (exact) mass is 213 g/mol. The molecule has 0 aromatic carbocycles. The smallest absolute Gasteiger partial charge is 0.209 e. The fourth-order valence-electron chi connectivity index (χ4n) is 0.831. The summed E-state index contributed by atoms with van der Waals surface area (Å²) in [5.74, 6) is 0.863. The number of thioether (sulfide) groups is 1. The number of rotatable bonds is 6. The van der Waals surface area contributed by atoms with Crippen LogP contribution < -0.4 is 5.73 Å². The van der Waals surface area contributed by atoms with Crippen LogP contribution in [0.3, 0.4) is 0 Å². The van der Waals surface area contributed by atoms with E-state index in [0.29, 0.717) is 13.1 Å². The van der Waals surface area contributed by atoms with Gasteiger partial charge in [0.2, 0.25) is 5.16 Å². The zero-order valence-electron chi connectivity index (χ0n) is 8.31. The zero-order chi connectivity index (χ0) is 10.4. The van der Waals surface area contributed by atoms with Crippen molar-refractivity contribution in [1.82, 2.24) is 20.2 Å². The molecule has 14 heavy (non-hydrogen) atoms. The molecule has 0 atom stereocenters. The summed E-state index contributed by atoms with van der Waals surface area (Å²) in [5.41, 5.74) is 6.62. The second kappa shape index (κ2) is 5.77. The lowest BCUT2D eigenvalue weighted by molar-refractivity contribution is 0.557. The van der Waals surface area contributed by atoms with Gasteiger partial charge in [-0.3, -0.25) is 0 Å². The van der Waals surface area contributed by atoms with Crippen LogP contribution in [0.25, 0.3) is 0 Å². The molecule has 1 heterocycles. The van der Waals surface area contributed by atoms with Crippen LogP contribution in [0.1, 0.15) is 13.3 Å². The maximum atomic E-state index is 5.43. The molecule has 0 spiro atoms. The van der Waals surface area contributed by atoms with Crippen LogP contribution in [0, 0.1) is 0 Å². The highest BCUT2D eigenvalue weighted by Crippen LogP contribution is 2.17. The molecule has 0 amide bonds. The fraction of sp³-hybridized carbons (Fsp3) is 0.625. The highest BCUT2D eigenvalue weighted by atomic mass is 32.2. The summed E-state index contributed by atoms with van der Waals surface area (Å²) in [7, 11) is 0. The van der Waals surface area contributed by atoms with E-state index in [2.05, 4.69) is 29.0 Å². The number of tetrazole rings is 1. The summed E-state index contributed by atoms with van der Waals surface area (Å²) in [6.07, 6.45) is 0.992. The molecule has 0 saturated carbocycles. The summed E-state index contributed by atoms with van der Waals surface area (Å²) < 4.78 is 1.72. The van der Waals surface area contributed by atoms with Crippen LogP contribution >= 0.6 is 11.8 Å². The molecule has 0 bridgehead atoms. The summed E-state index contributed by atoms with van der Waals surface area (Å²) >= 11 is 1.60. The first kappa shape index (κ1) is 11.2. The van der Waals surface area contributed by atoms with Crippen LogP contribution in [0.15, 0.2) is 17.3 Å². The van der Waals surface area contributed by atoms with Gasteiger partial charge < -0.3 is 5.73 Å². The normalized spacial score (nSPS) is 10.4. The molecule has 6 heteroatoms. The van der Waals surface area contributed by atoms with Gasteiger partial charge in [0.05, 0.1) is 6.54 Å². The third-order valence-electron chi connectivity index (χ3n) is 1.75. The maximum Gasteiger partial charge on any atom is 0.209 e. The molecule has 1 rings (SSSR count). The van der Waals surface area contributed by atoms with Gasteiger partial charge in [-0.2, -0.15) is 0 Å². The Morgan fingerprint density at radius 3 is 3.07 bits per heavy atom. The van der Waals surface area contributed by atoms with Gasteiger partial charge in [0, 0.05) is 12.3 Å². The summed E-state index contributed by atoms with van der Waals surface area (Å²) in [6.45, 7) is 7.22. The zero-order valence-corrected chi connectivity index (χ0v) is 9.13. The lowest BCUT2D eigenvalue weighted by Gasteiger charge is -2.02. The second-order valence-corrected chi connectivity index (χ2v) is 3.81. The van der Waals surface area contributed by atoms with Gasteiger partial charge in [0.1, 0.15) is 0 Å². The van der Waals surface area contributed by atoms with Gasteiger partial charge in [-0.05, 0) is 16.8 Å². The van der Waals surface area contributed by atoms with E-state index in [4.69, 9.17) is 5.73 Å². The van der Waals surface area contributed by atoms with E-state index in [9.17, 15) is 0 Å². The minimum absolute atomic E-state index is 0.549. The molecule has 78 valence electrons. The van der Waals surface area contributed by atoms with Crippen molar-refractivity contribution in [2.24, 2.45) is 5.73 Å². The Morgan fingerprint density at radius 2 is 2.43 bits per heavy atom. The van der Waals surface area contributed by atoms with Crippen LogP contribution in [0.5, 0.6) is 0 Å². The van der Waals surface area contributed by atoms with E-state index in [1.807, 2.05) is 0 Å². The van der Waals surface area contributed by atoms with E-state index in [-0.39, 0.29) is 0 Å². The van der Waals surface area contributed by atoms with Crippen LogP contribution in [-0.4, -0.2) is 32.5 Å². The highest BCUT2D eigenvalue weighted by Gasteiger charge is 2.05. The molecule has 2 N–H and O–H groups in total. The number of hydrogen-bond acceptors (Lipinski definition) is 5. The Morgan fingerprint density at radius 1 is 1.64 bits per heavy atom. The standard InChI is InChI=1S/C8H15N5S/c1-3-7(2)6-14-8-10-11-12-13(8)5-4-9/h2-6,9H2,1H3. The average molecular weight is 213 g/mol. The van der Waals surface area contributed by atoms with Crippen molar-refractivity contribution in [1.29, 1.82) is 0 Å². The molecule has 0 fully saturated rings. The number of nitrogens with two attached hydrogens (primary N) is 1. The molecule has 0 radical (unpaired) electrons. The van der Waals surface area contributed by atoms with Crippen molar-refractivity contribution in [3.8, 4) is 0 Å². The Labute approximate surface area is 87.7 Å². The average Bonchev–Trinajstić information content (AvgIpc) is 2.62. The molecule has 0 aliphatic heterocycles. The van der Waals surface area contributed by atoms with Crippen molar-refractivity contribution < 1.29 is 0 Å². The first-order chi connectivity index (χ1) is 6.77. The summed E-state index contributed by atoms with van der Waals surface area (Å²) in [5, 5.41) is 12.2. The van der Waals surface area contributed by atoms with Crippen molar-refractivity contribution in [3.63, 3.8) is 0 Å². The maximum absolute atomic E-state index is 5.43. The number of hydrogen-bond donors (Lipinski definition) is 1. The topological polar surface area (TPSA) is 69.6 Å². The van der Waals surface area contributed by atoms with Crippen LogP contribution in [0.2, 0.25) is 0 Å². The highest BCUT2D eigenvalue weighted by molar-refractivity contribution is 7.99. The number of nitrogens with zero attached hydrogens (tertiary/aromatic N) is 4. The Bertz CT molecular complexity index is 296. The molecule has 1 aromatic heterocycles. The van der Waals surface area contributed by atoms with E-state index in [1.165, 1.54) is 5.57 Å². The Balaban J connectivity index is 2.49. The molecule has 0 saturated heterocycles. The second-order valence-electron chi connectivity index (χ2n) is 2.87.